The topological polar surface area (TPSA) is 38.5 Å². The van der Waals surface area contributed by atoms with E-state index in [1.165, 1.54) is 24.8 Å². The molecule has 19 heavy (non-hydrogen) atoms. The highest BCUT2D eigenvalue weighted by molar-refractivity contribution is 9.10. The molecule has 1 aromatic carbocycles. The van der Waals surface area contributed by atoms with Crippen molar-refractivity contribution in [3.8, 4) is 5.75 Å². The van der Waals surface area contributed by atoms with Crippen LogP contribution in [0.3, 0.4) is 0 Å². The van der Waals surface area contributed by atoms with E-state index in [0.29, 0.717) is 6.54 Å². The first kappa shape index (κ1) is 16.5. The molecule has 2 N–H and O–H groups in total. The SMILES string of the molecule is CCCCCN(C)C(CN)c1ccc(OC)c(Br)c1. The summed E-state index contributed by atoms with van der Waals surface area (Å²) in [5.74, 6) is 0.855. The molecule has 0 aromatic heterocycles. The number of halogens is 1. The summed E-state index contributed by atoms with van der Waals surface area (Å²) in [5, 5.41) is 0. The average molecular weight is 329 g/mol. The predicted octanol–water partition coefficient (Wildman–Crippen LogP) is 3.58. The van der Waals surface area contributed by atoms with E-state index >= 15 is 0 Å². The normalized spacial score (nSPS) is 12.7. The molecule has 0 aliphatic heterocycles. The fraction of sp³-hybridized carbons (Fsp3) is 0.600. The molecule has 0 spiro atoms. The van der Waals surface area contributed by atoms with E-state index in [-0.39, 0.29) is 6.04 Å². The number of hydrogen-bond acceptors (Lipinski definition) is 3. The summed E-state index contributed by atoms with van der Waals surface area (Å²) in [6.45, 7) is 3.93. The van der Waals surface area contributed by atoms with Crippen molar-refractivity contribution in [2.45, 2.75) is 32.2 Å². The third kappa shape index (κ3) is 4.79. The average Bonchev–Trinajstić information content (AvgIpc) is 2.40. The molecule has 0 saturated heterocycles. The van der Waals surface area contributed by atoms with Gasteiger partial charge in [0.2, 0.25) is 0 Å². The molecule has 0 radical (unpaired) electrons. The first-order chi connectivity index (χ1) is 9.13. The number of nitrogens with zero attached hydrogens (tertiary/aromatic N) is 1. The van der Waals surface area contributed by atoms with Crippen LogP contribution in [0.2, 0.25) is 0 Å². The number of nitrogens with two attached hydrogens (primary N) is 1. The van der Waals surface area contributed by atoms with Crippen molar-refractivity contribution < 1.29 is 4.74 Å². The van der Waals surface area contributed by atoms with Gasteiger partial charge in [0.15, 0.2) is 0 Å². The van der Waals surface area contributed by atoms with E-state index in [0.717, 1.165) is 16.8 Å². The van der Waals surface area contributed by atoms with Crippen molar-refractivity contribution in [1.29, 1.82) is 0 Å². The van der Waals surface area contributed by atoms with Crippen molar-refractivity contribution >= 4 is 15.9 Å². The van der Waals surface area contributed by atoms with Gasteiger partial charge >= 0.3 is 0 Å². The van der Waals surface area contributed by atoms with Gasteiger partial charge in [-0.25, -0.2) is 0 Å². The number of ether oxygens (including phenoxy) is 1. The third-order valence-electron chi connectivity index (χ3n) is 3.43. The van der Waals surface area contributed by atoms with Gasteiger partial charge in [-0.05, 0) is 53.6 Å². The van der Waals surface area contributed by atoms with Gasteiger partial charge in [-0.15, -0.1) is 0 Å². The summed E-state index contributed by atoms with van der Waals surface area (Å²) >= 11 is 3.53. The molecule has 0 bridgehead atoms. The van der Waals surface area contributed by atoms with Crippen LogP contribution < -0.4 is 10.5 Å². The Morgan fingerprint density at radius 3 is 2.63 bits per heavy atom. The van der Waals surface area contributed by atoms with E-state index in [4.69, 9.17) is 10.5 Å². The Morgan fingerprint density at radius 1 is 1.37 bits per heavy atom. The van der Waals surface area contributed by atoms with Gasteiger partial charge < -0.3 is 10.5 Å². The number of hydrogen-bond donors (Lipinski definition) is 1. The molecule has 0 heterocycles. The first-order valence-corrected chi connectivity index (χ1v) is 7.67. The van der Waals surface area contributed by atoms with Crippen LogP contribution in [0.4, 0.5) is 0 Å². The number of benzene rings is 1. The van der Waals surface area contributed by atoms with Gasteiger partial charge in [0, 0.05) is 12.6 Å². The van der Waals surface area contributed by atoms with Crippen LogP contribution in [-0.4, -0.2) is 32.1 Å². The van der Waals surface area contributed by atoms with Crippen molar-refractivity contribution in [3.63, 3.8) is 0 Å². The van der Waals surface area contributed by atoms with Crippen LogP contribution in [0.15, 0.2) is 22.7 Å². The van der Waals surface area contributed by atoms with Crippen LogP contribution in [0, 0.1) is 0 Å². The maximum atomic E-state index is 5.94. The molecule has 0 fully saturated rings. The summed E-state index contributed by atoms with van der Waals surface area (Å²) in [6.07, 6.45) is 3.74. The maximum absolute atomic E-state index is 5.94. The molecule has 0 aliphatic rings. The van der Waals surface area contributed by atoms with Gasteiger partial charge in [-0.1, -0.05) is 25.8 Å². The minimum atomic E-state index is 0.263. The Morgan fingerprint density at radius 2 is 2.11 bits per heavy atom. The molecule has 4 heteroatoms. The molecule has 108 valence electrons. The number of likely N-dealkylation sites (N-methyl/N-ethyl adjacent to an activating group) is 1. The molecular formula is C15H25BrN2O. The molecule has 0 saturated carbocycles. The molecular weight excluding hydrogens is 304 g/mol. The highest BCUT2D eigenvalue weighted by atomic mass is 79.9. The Hall–Kier alpha value is -0.580. The lowest BCUT2D eigenvalue weighted by Crippen LogP contribution is -2.31. The summed E-state index contributed by atoms with van der Waals surface area (Å²) in [5.41, 5.74) is 7.17. The molecule has 1 aromatic rings. The van der Waals surface area contributed by atoms with Crippen molar-refractivity contribution in [3.05, 3.63) is 28.2 Å². The minimum Gasteiger partial charge on any atom is -0.496 e. The second-order valence-corrected chi connectivity index (χ2v) is 5.69. The lowest BCUT2D eigenvalue weighted by Gasteiger charge is -2.27. The van der Waals surface area contributed by atoms with Crippen molar-refractivity contribution in [2.24, 2.45) is 5.73 Å². The van der Waals surface area contributed by atoms with Crippen molar-refractivity contribution in [2.75, 3.05) is 27.2 Å². The summed E-state index contributed by atoms with van der Waals surface area (Å²) < 4.78 is 6.24. The van der Waals surface area contributed by atoms with Crippen LogP contribution >= 0.6 is 15.9 Å². The van der Waals surface area contributed by atoms with Crippen LogP contribution in [0.25, 0.3) is 0 Å². The zero-order valence-corrected chi connectivity index (χ0v) is 13.7. The Balaban J connectivity index is 2.75. The first-order valence-electron chi connectivity index (χ1n) is 6.87. The third-order valence-corrected chi connectivity index (χ3v) is 4.05. The van der Waals surface area contributed by atoms with Crippen LogP contribution in [-0.2, 0) is 0 Å². The number of rotatable bonds is 8. The van der Waals surface area contributed by atoms with E-state index in [1.54, 1.807) is 7.11 Å². The minimum absolute atomic E-state index is 0.263. The van der Waals surface area contributed by atoms with Gasteiger partial charge in [0.1, 0.15) is 5.75 Å². The summed E-state index contributed by atoms with van der Waals surface area (Å²) in [4.78, 5) is 2.34. The van der Waals surface area contributed by atoms with E-state index < -0.39 is 0 Å². The Labute approximate surface area is 125 Å². The second kappa shape index (κ2) is 8.56. The van der Waals surface area contributed by atoms with Crippen LogP contribution in [0.5, 0.6) is 5.75 Å². The van der Waals surface area contributed by atoms with E-state index in [1.807, 2.05) is 6.07 Å². The maximum Gasteiger partial charge on any atom is 0.133 e. The standard InChI is InChI=1S/C15H25BrN2O/c1-4-5-6-9-18(2)14(11-17)12-7-8-15(19-3)13(16)10-12/h7-8,10,14H,4-6,9,11,17H2,1-3H3. The fourth-order valence-electron chi connectivity index (χ4n) is 2.23. The quantitative estimate of drug-likeness (QED) is 0.741. The summed E-state index contributed by atoms with van der Waals surface area (Å²) in [6, 6.07) is 6.45. The molecule has 1 unspecified atom stereocenters. The Kier molecular flexibility index (Phi) is 7.42. The van der Waals surface area contributed by atoms with E-state index in [9.17, 15) is 0 Å². The largest absolute Gasteiger partial charge is 0.496 e. The van der Waals surface area contributed by atoms with Gasteiger partial charge in [-0.3, -0.25) is 4.90 Å². The van der Waals surface area contributed by atoms with Gasteiger partial charge in [0.25, 0.3) is 0 Å². The van der Waals surface area contributed by atoms with Gasteiger partial charge in [0.05, 0.1) is 11.6 Å². The van der Waals surface area contributed by atoms with Crippen molar-refractivity contribution in [1.82, 2.24) is 4.90 Å². The molecule has 0 aliphatic carbocycles. The predicted molar refractivity (Wildman–Crippen MR) is 84.6 cm³/mol. The smallest absolute Gasteiger partial charge is 0.133 e. The lowest BCUT2D eigenvalue weighted by atomic mass is 10.1. The van der Waals surface area contributed by atoms with Crippen LogP contribution in [0.1, 0.15) is 37.8 Å². The van der Waals surface area contributed by atoms with Gasteiger partial charge in [-0.2, -0.15) is 0 Å². The lowest BCUT2D eigenvalue weighted by molar-refractivity contribution is 0.245. The fourth-order valence-corrected chi connectivity index (χ4v) is 2.79. The highest BCUT2D eigenvalue weighted by Gasteiger charge is 2.16. The zero-order chi connectivity index (χ0) is 14.3. The zero-order valence-electron chi connectivity index (χ0n) is 12.2. The summed E-state index contributed by atoms with van der Waals surface area (Å²) in [7, 11) is 3.82. The molecule has 1 rings (SSSR count). The Bertz CT molecular complexity index is 384. The highest BCUT2D eigenvalue weighted by Crippen LogP contribution is 2.29. The van der Waals surface area contributed by atoms with E-state index in [2.05, 4.69) is 46.9 Å². The number of unbranched alkanes of at least 4 members (excludes halogenated alkanes) is 2. The number of methoxy groups -OCH3 is 1. The second-order valence-electron chi connectivity index (χ2n) is 4.83. The molecule has 3 nitrogen and oxygen atoms in total. The molecule has 1 atom stereocenters. The monoisotopic (exact) mass is 328 g/mol. The molecule has 0 amide bonds.